The second kappa shape index (κ2) is 8.51. The lowest BCUT2D eigenvalue weighted by Crippen LogP contribution is -2.28. The van der Waals surface area contributed by atoms with E-state index in [0.29, 0.717) is 42.4 Å². The summed E-state index contributed by atoms with van der Waals surface area (Å²) in [5, 5.41) is 5.62. The summed E-state index contributed by atoms with van der Waals surface area (Å²) in [6.07, 6.45) is 0. The number of nitrogens with zero attached hydrogens (tertiary/aromatic N) is 1. The quantitative estimate of drug-likeness (QED) is 0.763. The molecule has 0 spiro atoms. The van der Waals surface area contributed by atoms with E-state index in [1.165, 1.54) is 7.11 Å². The summed E-state index contributed by atoms with van der Waals surface area (Å²) in [4.78, 5) is 25.8. The zero-order chi connectivity index (χ0) is 20.1. The fourth-order valence-electron chi connectivity index (χ4n) is 3.03. The number of amides is 3. The van der Waals surface area contributed by atoms with Gasteiger partial charge in [-0.15, -0.1) is 0 Å². The number of carbonyl (C=O) groups excluding carboxylic acids is 2. The van der Waals surface area contributed by atoms with Crippen molar-refractivity contribution in [3.05, 3.63) is 47.5 Å². The van der Waals surface area contributed by atoms with Crippen LogP contribution in [0.1, 0.15) is 15.9 Å². The summed E-state index contributed by atoms with van der Waals surface area (Å²) in [5.74, 6) is 1.34. The largest absolute Gasteiger partial charge is 0.493 e. The molecule has 1 saturated heterocycles. The van der Waals surface area contributed by atoms with E-state index in [0.717, 1.165) is 11.3 Å². The number of hydrogen-bond acceptors (Lipinski definition) is 5. The lowest BCUT2D eigenvalue weighted by molar-refractivity contribution is 0.0951. The summed E-state index contributed by atoms with van der Waals surface area (Å²) >= 11 is 0. The molecular weight excluding hydrogens is 362 g/mol. The number of urea groups is 1. The van der Waals surface area contributed by atoms with Gasteiger partial charge in [0.05, 0.1) is 21.3 Å². The number of carbonyl (C=O) groups is 2. The van der Waals surface area contributed by atoms with Crippen molar-refractivity contribution >= 4 is 17.6 Å². The molecule has 1 aliphatic heterocycles. The maximum atomic E-state index is 12.5. The van der Waals surface area contributed by atoms with Gasteiger partial charge in [-0.05, 0) is 42.0 Å². The molecule has 8 nitrogen and oxygen atoms in total. The van der Waals surface area contributed by atoms with Gasteiger partial charge in [-0.2, -0.15) is 0 Å². The molecule has 1 aliphatic rings. The molecule has 3 amide bonds. The zero-order valence-corrected chi connectivity index (χ0v) is 16.1. The van der Waals surface area contributed by atoms with E-state index in [1.54, 1.807) is 55.5 Å². The van der Waals surface area contributed by atoms with Gasteiger partial charge < -0.3 is 24.8 Å². The molecule has 0 bridgehead atoms. The molecule has 3 rings (SSSR count). The van der Waals surface area contributed by atoms with Crippen LogP contribution >= 0.6 is 0 Å². The summed E-state index contributed by atoms with van der Waals surface area (Å²) in [6, 6.07) is 10.4. The molecule has 1 heterocycles. The third-order valence-electron chi connectivity index (χ3n) is 4.48. The monoisotopic (exact) mass is 385 g/mol. The maximum Gasteiger partial charge on any atom is 0.321 e. The highest BCUT2D eigenvalue weighted by Crippen LogP contribution is 2.38. The van der Waals surface area contributed by atoms with E-state index >= 15 is 0 Å². The Morgan fingerprint density at radius 1 is 1.07 bits per heavy atom. The van der Waals surface area contributed by atoms with E-state index in [-0.39, 0.29) is 11.9 Å². The molecule has 2 N–H and O–H groups in total. The SMILES string of the molecule is COc1cc(CNC(=O)c2ccc(N3CCNC3=O)cc2)cc(OC)c1OC. The predicted molar refractivity (Wildman–Crippen MR) is 104 cm³/mol. The van der Waals surface area contributed by atoms with Crippen LogP contribution in [0.15, 0.2) is 36.4 Å². The Morgan fingerprint density at radius 3 is 2.21 bits per heavy atom. The second-order valence-electron chi connectivity index (χ2n) is 6.15. The van der Waals surface area contributed by atoms with Crippen molar-refractivity contribution in [2.24, 2.45) is 0 Å². The fourth-order valence-corrected chi connectivity index (χ4v) is 3.03. The van der Waals surface area contributed by atoms with E-state index in [9.17, 15) is 9.59 Å². The van der Waals surface area contributed by atoms with Crippen molar-refractivity contribution < 1.29 is 23.8 Å². The Bertz CT molecular complexity index is 842. The molecular formula is C20H23N3O5. The van der Waals surface area contributed by atoms with E-state index in [4.69, 9.17) is 14.2 Å². The molecule has 2 aromatic rings. The number of benzene rings is 2. The smallest absolute Gasteiger partial charge is 0.321 e. The van der Waals surface area contributed by atoms with Gasteiger partial charge in [0, 0.05) is 30.9 Å². The van der Waals surface area contributed by atoms with Crippen molar-refractivity contribution in [3.63, 3.8) is 0 Å². The van der Waals surface area contributed by atoms with Crippen LogP contribution in [0.4, 0.5) is 10.5 Å². The molecule has 148 valence electrons. The van der Waals surface area contributed by atoms with Crippen molar-refractivity contribution in [2.75, 3.05) is 39.3 Å². The highest BCUT2D eigenvalue weighted by Gasteiger charge is 2.21. The molecule has 0 aliphatic carbocycles. The van der Waals surface area contributed by atoms with Crippen molar-refractivity contribution in [1.82, 2.24) is 10.6 Å². The fraction of sp³-hybridized carbons (Fsp3) is 0.300. The van der Waals surface area contributed by atoms with Crippen molar-refractivity contribution in [2.45, 2.75) is 6.54 Å². The number of ether oxygens (including phenoxy) is 3. The summed E-state index contributed by atoms with van der Waals surface area (Å²) in [6.45, 7) is 1.53. The number of nitrogens with one attached hydrogen (secondary N) is 2. The number of rotatable bonds is 7. The van der Waals surface area contributed by atoms with E-state index in [1.807, 2.05) is 0 Å². The molecule has 0 atom stereocenters. The number of hydrogen-bond donors (Lipinski definition) is 2. The van der Waals surface area contributed by atoms with Crippen molar-refractivity contribution in [3.8, 4) is 17.2 Å². The zero-order valence-electron chi connectivity index (χ0n) is 16.1. The third kappa shape index (κ3) is 3.95. The van der Waals surface area contributed by atoms with Crippen LogP contribution in [0.3, 0.4) is 0 Å². The average Bonchev–Trinajstić information content (AvgIpc) is 3.16. The van der Waals surface area contributed by atoms with Gasteiger partial charge in [-0.25, -0.2) is 4.79 Å². The van der Waals surface area contributed by atoms with Crippen LogP contribution in [-0.2, 0) is 6.54 Å². The van der Waals surface area contributed by atoms with Gasteiger partial charge in [0.2, 0.25) is 5.75 Å². The van der Waals surface area contributed by atoms with Gasteiger partial charge in [0.25, 0.3) is 5.91 Å². The average molecular weight is 385 g/mol. The van der Waals surface area contributed by atoms with Gasteiger partial charge in [-0.1, -0.05) is 0 Å². The molecule has 0 saturated carbocycles. The minimum Gasteiger partial charge on any atom is -0.493 e. The Hall–Kier alpha value is -3.42. The maximum absolute atomic E-state index is 12.5. The highest BCUT2D eigenvalue weighted by atomic mass is 16.5. The van der Waals surface area contributed by atoms with Crippen molar-refractivity contribution in [1.29, 1.82) is 0 Å². The standard InChI is InChI=1S/C20H23N3O5/c1-26-16-10-13(11-17(27-2)18(16)28-3)12-22-19(24)14-4-6-15(7-5-14)23-9-8-21-20(23)25/h4-7,10-11H,8-9,12H2,1-3H3,(H,21,25)(H,22,24). The molecule has 8 heteroatoms. The Kier molecular flexibility index (Phi) is 5.88. The lowest BCUT2D eigenvalue weighted by atomic mass is 10.1. The molecule has 2 aromatic carbocycles. The Morgan fingerprint density at radius 2 is 1.71 bits per heavy atom. The topological polar surface area (TPSA) is 89.1 Å². The van der Waals surface area contributed by atoms with Crippen LogP contribution in [0.25, 0.3) is 0 Å². The van der Waals surface area contributed by atoms with Gasteiger partial charge in [0.1, 0.15) is 0 Å². The van der Waals surface area contributed by atoms with Crippen LogP contribution in [0.5, 0.6) is 17.2 Å². The van der Waals surface area contributed by atoms with E-state index in [2.05, 4.69) is 10.6 Å². The minimum atomic E-state index is -0.217. The molecule has 28 heavy (non-hydrogen) atoms. The summed E-state index contributed by atoms with van der Waals surface area (Å²) in [7, 11) is 4.63. The number of anilines is 1. The van der Waals surface area contributed by atoms with Crippen LogP contribution < -0.4 is 29.7 Å². The second-order valence-corrected chi connectivity index (χ2v) is 6.15. The first-order valence-corrected chi connectivity index (χ1v) is 8.80. The predicted octanol–water partition coefficient (Wildman–Crippen LogP) is 2.17. The molecule has 1 fully saturated rings. The highest BCUT2D eigenvalue weighted by molar-refractivity contribution is 5.97. The first-order valence-electron chi connectivity index (χ1n) is 8.80. The van der Waals surface area contributed by atoms with Crippen LogP contribution in [-0.4, -0.2) is 46.4 Å². The molecule has 0 aromatic heterocycles. The Labute approximate surface area is 163 Å². The van der Waals surface area contributed by atoms with Crippen LogP contribution in [0, 0.1) is 0 Å². The van der Waals surface area contributed by atoms with E-state index < -0.39 is 0 Å². The lowest BCUT2D eigenvalue weighted by Gasteiger charge is -2.15. The van der Waals surface area contributed by atoms with Crippen LogP contribution in [0.2, 0.25) is 0 Å². The first kappa shape index (κ1) is 19.3. The van der Waals surface area contributed by atoms with Gasteiger partial charge in [-0.3, -0.25) is 9.69 Å². The number of methoxy groups -OCH3 is 3. The summed E-state index contributed by atoms with van der Waals surface area (Å²) < 4.78 is 16.0. The molecule has 0 unspecified atom stereocenters. The molecule has 0 radical (unpaired) electrons. The first-order chi connectivity index (χ1) is 13.6. The van der Waals surface area contributed by atoms with Gasteiger partial charge in [0.15, 0.2) is 11.5 Å². The minimum absolute atomic E-state index is 0.125. The summed E-state index contributed by atoms with van der Waals surface area (Å²) in [5.41, 5.74) is 2.08. The third-order valence-corrected chi connectivity index (χ3v) is 4.48. The van der Waals surface area contributed by atoms with Gasteiger partial charge >= 0.3 is 6.03 Å². The normalized spacial score (nSPS) is 13.1. The Balaban J connectivity index is 1.68.